The third-order valence-corrected chi connectivity index (χ3v) is 4.97. The highest BCUT2D eigenvalue weighted by Gasteiger charge is 2.21. The molecule has 0 bridgehead atoms. The minimum atomic E-state index is -1.25. The number of benzene rings is 2. The lowest BCUT2D eigenvalue weighted by Crippen LogP contribution is -1.96. The standard InChI is InChI=1S/C21H13ClF3N5/c1-10-17(23)19(25)16-12(8-27-20(16)18(10)24)9-28-21-14(7-26)15(29-30-21)6-11-3-2-4-13(22)5-11/h2-5,8-9,27H,6H2,1H3,(H,29,30). The summed E-state index contributed by atoms with van der Waals surface area (Å²) in [6.07, 6.45) is 2.89. The number of nitriles is 1. The van der Waals surface area contributed by atoms with Gasteiger partial charge in [-0.1, -0.05) is 23.7 Å². The van der Waals surface area contributed by atoms with Gasteiger partial charge in [-0.15, -0.1) is 0 Å². The van der Waals surface area contributed by atoms with Crippen LogP contribution in [0.2, 0.25) is 5.02 Å². The van der Waals surface area contributed by atoms with E-state index in [0.717, 1.165) is 12.5 Å². The molecular formula is C21H13ClF3N5. The number of hydrogen-bond acceptors (Lipinski definition) is 3. The predicted octanol–water partition coefficient (Wildman–Crippen LogP) is 5.48. The highest BCUT2D eigenvalue weighted by Crippen LogP contribution is 2.29. The Morgan fingerprint density at radius 1 is 1.23 bits per heavy atom. The van der Waals surface area contributed by atoms with Crippen LogP contribution in [0.5, 0.6) is 0 Å². The smallest absolute Gasteiger partial charge is 0.191 e. The zero-order chi connectivity index (χ0) is 21.4. The Morgan fingerprint density at radius 3 is 2.77 bits per heavy atom. The molecule has 0 spiro atoms. The van der Waals surface area contributed by atoms with E-state index in [1.165, 1.54) is 12.4 Å². The molecule has 0 aliphatic heterocycles. The van der Waals surface area contributed by atoms with Crippen LogP contribution in [-0.4, -0.2) is 21.4 Å². The van der Waals surface area contributed by atoms with Gasteiger partial charge in [-0.25, -0.2) is 18.2 Å². The molecule has 0 radical (unpaired) electrons. The maximum absolute atomic E-state index is 14.4. The van der Waals surface area contributed by atoms with Gasteiger partial charge in [-0.3, -0.25) is 5.10 Å². The first-order valence-corrected chi connectivity index (χ1v) is 9.18. The molecule has 0 amide bonds. The molecule has 0 saturated heterocycles. The normalized spacial score (nSPS) is 11.5. The lowest BCUT2D eigenvalue weighted by Gasteiger charge is -2.03. The maximum atomic E-state index is 14.4. The topological polar surface area (TPSA) is 80.6 Å². The molecule has 0 fully saturated rings. The Kier molecular flexibility index (Phi) is 5.06. The van der Waals surface area contributed by atoms with Crippen molar-refractivity contribution in [2.75, 3.05) is 0 Å². The number of nitrogens with one attached hydrogen (secondary N) is 2. The maximum Gasteiger partial charge on any atom is 0.191 e. The van der Waals surface area contributed by atoms with Crippen LogP contribution in [0.4, 0.5) is 19.0 Å². The van der Waals surface area contributed by atoms with Gasteiger partial charge < -0.3 is 4.98 Å². The van der Waals surface area contributed by atoms with E-state index >= 15 is 0 Å². The lowest BCUT2D eigenvalue weighted by molar-refractivity contribution is 0.497. The van der Waals surface area contributed by atoms with Gasteiger partial charge in [0.05, 0.1) is 16.6 Å². The largest absolute Gasteiger partial charge is 0.358 e. The third kappa shape index (κ3) is 3.33. The first kappa shape index (κ1) is 19.7. The van der Waals surface area contributed by atoms with E-state index in [0.29, 0.717) is 17.1 Å². The number of halogens is 4. The summed E-state index contributed by atoms with van der Waals surface area (Å²) in [6, 6.07) is 9.21. The van der Waals surface area contributed by atoms with Crippen molar-refractivity contribution in [3.05, 3.63) is 80.9 Å². The third-order valence-electron chi connectivity index (χ3n) is 4.73. The van der Waals surface area contributed by atoms with Crippen molar-refractivity contribution >= 4 is 34.5 Å². The zero-order valence-electron chi connectivity index (χ0n) is 15.5. The van der Waals surface area contributed by atoms with Crippen molar-refractivity contribution in [2.45, 2.75) is 13.3 Å². The number of nitrogens with zero attached hydrogens (tertiary/aromatic N) is 3. The number of rotatable bonds is 4. The molecular weight excluding hydrogens is 415 g/mol. The molecule has 0 unspecified atom stereocenters. The average Bonchev–Trinajstić information content (AvgIpc) is 3.33. The molecule has 2 aromatic heterocycles. The second kappa shape index (κ2) is 7.69. The molecule has 4 rings (SSSR count). The Bertz CT molecular complexity index is 1350. The number of aromatic amines is 2. The van der Waals surface area contributed by atoms with Crippen LogP contribution in [0.3, 0.4) is 0 Å². The summed E-state index contributed by atoms with van der Waals surface area (Å²) >= 11 is 5.99. The minimum Gasteiger partial charge on any atom is -0.358 e. The zero-order valence-corrected chi connectivity index (χ0v) is 16.3. The first-order valence-electron chi connectivity index (χ1n) is 8.80. The number of aliphatic imine (C=N–C) groups is 1. The van der Waals surface area contributed by atoms with Crippen LogP contribution in [0.1, 0.15) is 27.9 Å². The van der Waals surface area contributed by atoms with Gasteiger partial charge in [0.25, 0.3) is 0 Å². The summed E-state index contributed by atoms with van der Waals surface area (Å²) in [5, 5.41) is 16.6. The van der Waals surface area contributed by atoms with Gasteiger partial charge in [0.15, 0.2) is 23.3 Å². The molecule has 2 N–H and O–H groups in total. The average molecular weight is 428 g/mol. The summed E-state index contributed by atoms with van der Waals surface area (Å²) in [5.41, 5.74) is 1.18. The highest BCUT2D eigenvalue weighted by molar-refractivity contribution is 6.30. The molecule has 0 saturated carbocycles. The Labute approximate surface area is 173 Å². The highest BCUT2D eigenvalue weighted by atomic mass is 35.5. The number of hydrogen-bond donors (Lipinski definition) is 2. The van der Waals surface area contributed by atoms with Gasteiger partial charge in [0, 0.05) is 35.0 Å². The van der Waals surface area contributed by atoms with Crippen LogP contribution in [0.15, 0.2) is 35.5 Å². The second-order valence-corrected chi connectivity index (χ2v) is 7.07. The van der Waals surface area contributed by atoms with Crippen LogP contribution >= 0.6 is 11.6 Å². The molecule has 9 heteroatoms. The molecule has 0 atom stereocenters. The Hall–Kier alpha value is -3.57. The molecule has 150 valence electrons. The summed E-state index contributed by atoms with van der Waals surface area (Å²) < 4.78 is 42.6. The molecule has 5 nitrogen and oxygen atoms in total. The first-order chi connectivity index (χ1) is 14.4. The molecule has 2 aromatic carbocycles. The summed E-state index contributed by atoms with van der Waals surface area (Å²) in [6.45, 7) is 1.16. The van der Waals surface area contributed by atoms with Crippen LogP contribution in [0.25, 0.3) is 10.9 Å². The Morgan fingerprint density at radius 2 is 2.03 bits per heavy atom. The van der Waals surface area contributed by atoms with Gasteiger partial charge in [0.1, 0.15) is 11.6 Å². The van der Waals surface area contributed by atoms with E-state index in [1.54, 1.807) is 18.2 Å². The predicted molar refractivity (Wildman–Crippen MR) is 108 cm³/mol. The molecule has 2 heterocycles. The monoisotopic (exact) mass is 427 g/mol. The second-order valence-electron chi connectivity index (χ2n) is 6.64. The summed E-state index contributed by atoms with van der Waals surface area (Å²) in [7, 11) is 0. The van der Waals surface area contributed by atoms with Gasteiger partial charge in [0.2, 0.25) is 0 Å². The van der Waals surface area contributed by atoms with Crippen LogP contribution in [-0.2, 0) is 6.42 Å². The SMILES string of the molecule is Cc1c(F)c(F)c2c(C=Nc3n[nH]c(Cc4cccc(Cl)c4)c3C#N)c[nH]c2c1F. The molecule has 0 aliphatic carbocycles. The van der Waals surface area contributed by atoms with Crippen molar-refractivity contribution in [1.82, 2.24) is 15.2 Å². The van der Waals surface area contributed by atoms with Gasteiger partial charge in [-0.2, -0.15) is 10.4 Å². The van der Waals surface area contributed by atoms with Crippen molar-refractivity contribution in [2.24, 2.45) is 4.99 Å². The summed E-state index contributed by atoms with van der Waals surface area (Å²) in [4.78, 5) is 6.72. The summed E-state index contributed by atoms with van der Waals surface area (Å²) in [5.74, 6) is -3.21. The Balaban J connectivity index is 1.70. The van der Waals surface area contributed by atoms with Crippen molar-refractivity contribution < 1.29 is 13.2 Å². The lowest BCUT2D eigenvalue weighted by atomic mass is 10.1. The fourth-order valence-corrected chi connectivity index (χ4v) is 3.41. The number of H-pyrrole nitrogens is 2. The van der Waals surface area contributed by atoms with Crippen molar-refractivity contribution in [3.8, 4) is 6.07 Å². The van der Waals surface area contributed by atoms with Gasteiger partial charge in [-0.05, 0) is 24.6 Å². The van der Waals surface area contributed by atoms with E-state index < -0.39 is 23.0 Å². The number of fused-ring (bicyclic) bond motifs is 1. The van der Waals surface area contributed by atoms with E-state index in [9.17, 15) is 18.4 Å². The van der Waals surface area contributed by atoms with Crippen LogP contribution in [0, 0.1) is 35.7 Å². The molecule has 4 aromatic rings. The van der Waals surface area contributed by atoms with E-state index in [2.05, 4.69) is 20.2 Å². The van der Waals surface area contributed by atoms with E-state index in [1.807, 2.05) is 12.1 Å². The molecule has 0 aliphatic rings. The van der Waals surface area contributed by atoms with Crippen molar-refractivity contribution in [3.63, 3.8) is 0 Å². The fourth-order valence-electron chi connectivity index (χ4n) is 3.20. The number of aromatic nitrogens is 3. The van der Waals surface area contributed by atoms with Crippen LogP contribution < -0.4 is 0 Å². The van der Waals surface area contributed by atoms with E-state index in [4.69, 9.17) is 11.6 Å². The quantitative estimate of drug-likeness (QED) is 0.334. The van der Waals surface area contributed by atoms with Crippen molar-refractivity contribution in [1.29, 1.82) is 5.26 Å². The van der Waals surface area contributed by atoms with Gasteiger partial charge >= 0.3 is 0 Å². The van der Waals surface area contributed by atoms with E-state index in [-0.39, 0.29) is 27.8 Å². The fraction of sp³-hybridized carbons (Fsp3) is 0.0952. The molecule has 30 heavy (non-hydrogen) atoms. The minimum absolute atomic E-state index is 0.0809.